The number of carbonyl (C=O) groups is 1. The molecule has 0 saturated carbocycles. The highest BCUT2D eigenvalue weighted by Gasteiger charge is 2.29. The molecule has 0 spiro atoms. The number of carbonyl (C=O) groups excluding carboxylic acids is 1. The van der Waals surface area contributed by atoms with Crippen LogP contribution in [0.5, 0.6) is 11.6 Å². The van der Waals surface area contributed by atoms with Crippen LogP contribution in [0.1, 0.15) is 24.0 Å². The molecule has 31 heavy (non-hydrogen) atoms. The second kappa shape index (κ2) is 9.12. The van der Waals surface area contributed by atoms with Gasteiger partial charge < -0.3 is 15.0 Å². The maximum atomic E-state index is 13.8. The molecule has 1 atom stereocenters. The van der Waals surface area contributed by atoms with Crippen molar-refractivity contribution in [1.82, 2.24) is 9.97 Å². The van der Waals surface area contributed by atoms with Crippen molar-refractivity contribution in [2.45, 2.75) is 26.7 Å². The van der Waals surface area contributed by atoms with Gasteiger partial charge in [-0.2, -0.15) is 0 Å². The number of benzene rings is 2. The molecule has 3 aromatic rings. The maximum absolute atomic E-state index is 13.8. The van der Waals surface area contributed by atoms with Crippen molar-refractivity contribution in [2.24, 2.45) is 5.92 Å². The average Bonchev–Trinajstić information content (AvgIpc) is 2.78. The molecule has 2 aromatic carbocycles. The topological polar surface area (TPSA) is 67.4 Å². The zero-order valence-electron chi connectivity index (χ0n) is 17.6. The second-order valence-corrected chi connectivity index (χ2v) is 7.79. The Hall–Kier alpha value is -3.48. The minimum atomic E-state index is -0.333. The van der Waals surface area contributed by atoms with Gasteiger partial charge in [-0.05, 0) is 56.0 Å². The molecule has 4 rings (SSSR count). The predicted octanol–water partition coefficient (Wildman–Crippen LogP) is 4.88. The van der Waals surface area contributed by atoms with Crippen molar-refractivity contribution < 1.29 is 13.9 Å². The van der Waals surface area contributed by atoms with E-state index in [0.717, 1.165) is 30.7 Å². The Kier molecular flexibility index (Phi) is 6.11. The molecule has 1 aliphatic heterocycles. The molecule has 1 N–H and O–H groups in total. The Morgan fingerprint density at radius 2 is 1.94 bits per heavy atom. The summed E-state index contributed by atoms with van der Waals surface area (Å²) in [5.74, 6) is 1.05. The van der Waals surface area contributed by atoms with E-state index in [9.17, 15) is 9.18 Å². The zero-order chi connectivity index (χ0) is 21.8. The molecule has 1 saturated heterocycles. The number of anilines is 2. The lowest BCUT2D eigenvalue weighted by Gasteiger charge is -2.33. The Labute approximate surface area is 181 Å². The van der Waals surface area contributed by atoms with Gasteiger partial charge in [0, 0.05) is 31.2 Å². The highest BCUT2D eigenvalue weighted by atomic mass is 19.1. The number of ether oxygens (including phenoxy) is 1. The third kappa shape index (κ3) is 4.82. The summed E-state index contributed by atoms with van der Waals surface area (Å²) in [4.78, 5) is 23.7. The first-order chi connectivity index (χ1) is 15.0. The fourth-order valence-corrected chi connectivity index (χ4v) is 3.68. The number of halogens is 1. The van der Waals surface area contributed by atoms with Crippen molar-refractivity contribution in [3.05, 3.63) is 71.8 Å². The highest BCUT2D eigenvalue weighted by molar-refractivity contribution is 5.93. The van der Waals surface area contributed by atoms with Crippen LogP contribution in [-0.4, -0.2) is 29.0 Å². The maximum Gasteiger partial charge on any atom is 0.263 e. The molecular formula is C24H25FN4O2. The van der Waals surface area contributed by atoms with Crippen LogP contribution in [0.15, 0.2) is 54.9 Å². The minimum absolute atomic E-state index is 0.127. The summed E-state index contributed by atoms with van der Waals surface area (Å²) in [5, 5.41) is 2.84. The van der Waals surface area contributed by atoms with Crippen molar-refractivity contribution in [3.63, 3.8) is 0 Å². The van der Waals surface area contributed by atoms with E-state index in [1.54, 1.807) is 31.5 Å². The standard InChI is InChI=1S/C24H25FN4O2/c1-16-9-10-19(14-20(16)25)28-23(30)18-7-5-13-29(15-18)22-24(27-12-11-26-22)31-21-8-4-3-6-17(21)2/h3-4,6,8-12,14,18H,5,7,13,15H2,1-2H3,(H,28,30). The Bertz CT molecular complexity index is 1090. The number of aromatic nitrogens is 2. The average molecular weight is 420 g/mol. The molecule has 2 heterocycles. The van der Waals surface area contributed by atoms with E-state index < -0.39 is 0 Å². The number of piperidine rings is 1. The van der Waals surface area contributed by atoms with Crippen LogP contribution in [0.3, 0.4) is 0 Å². The Morgan fingerprint density at radius 3 is 2.74 bits per heavy atom. The summed E-state index contributed by atoms with van der Waals surface area (Å²) in [6.45, 7) is 4.91. The lowest BCUT2D eigenvalue weighted by molar-refractivity contribution is -0.120. The van der Waals surface area contributed by atoms with Gasteiger partial charge in [0.25, 0.3) is 5.88 Å². The second-order valence-electron chi connectivity index (χ2n) is 7.79. The van der Waals surface area contributed by atoms with Gasteiger partial charge in [-0.3, -0.25) is 4.79 Å². The monoisotopic (exact) mass is 420 g/mol. The summed E-state index contributed by atoms with van der Waals surface area (Å²) < 4.78 is 19.9. The number of rotatable bonds is 5. The largest absolute Gasteiger partial charge is 0.436 e. The van der Waals surface area contributed by atoms with Crippen LogP contribution in [0.4, 0.5) is 15.9 Å². The SMILES string of the molecule is Cc1ccc(NC(=O)C2CCCN(c3nccnc3Oc3ccccc3C)C2)cc1F. The van der Waals surface area contributed by atoms with Crippen LogP contribution in [0.2, 0.25) is 0 Å². The summed E-state index contributed by atoms with van der Waals surface area (Å²) in [5.41, 5.74) is 2.01. The van der Waals surface area contributed by atoms with E-state index >= 15 is 0 Å². The summed E-state index contributed by atoms with van der Waals surface area (Å²) in [6.07, 6.45) is 4.81. The lowest BCUT2D eigenvalue weighted by Crippen LogP contribution is -2.41. The summed E-state index contributed by atoms with van der Waals surface area (Å²) in [6, 6.07) is 12.5. The van der Waals surface area contributed by atoms with Crippen molar-refractivity contribution in [1.29, 1.82) is 0 Å². The molecule has 1 fully saturated rings. The van der Waals surface area contributed by atoms with Crippen molar-refractivity contribution in [3.8, 4) is 11.6 Å². The number of nitrogens with zero attached hydrogens (tertiary/aromatic N) is 3. The van der Waals surface area contributed by atoms with Crippen LogP contribution in [-0.2, 0) is 4.79 Å². The van der Waals surface area contributed by atoms with Gasteiger partial charge in [-0.1, -0.05) is 24.3 Å². The lowest BCUT2D eigenvalue weighted by atomic mass is 9.97. The van der Waals surface area contributed by atoms with E-state index in [1.807, 2.05) is 36.1 Å². The van der Waals surface area contributed by atoms with Crippen LogP contribution in [0.25, 0.3) is 0 Å². The number of hydrogen-bond donors (Lipinski definition) is 1. The molecule has 1 aliphatic rings. The van der Waals surface area contributed by atoms with Gasteiger partial charge in [-0.15, -0.1) is 0 Å². The van der Waals surface area contributed by atoms with Crippen molar-refractivity contribution in [2.75, 3.05) is 23.3 Å². The quantitative estimate of drug-likeness (QED) is 0.637. The van der Waals surface area contributed by atoms with E-state index in [-0.39, 0.29) is 17.6 Å². The van der Waals surface area contributed by atoms with Crippen LogP contribution in [0, 0.1) is 25.6 Å². The first-order valence-corrected chi connectivity index (χ1v) is 10.4. The van der Waals surface area contributed by atoms with E-state index in [2.05, 4.69) is 15.3 Å². The molecular weight excluding hydrogens is 395 g/mol. The number of para-hydroxylation sites is 1. The van der Waals surface area contributed by atoms with Crippen LogP contribution >= 0.6 is 0 Å². The predicted molar refractivity (Wildman–Crippen MR) is 118 cm³/mol. The van der Waals surface area contributed by atoms with Gasteiger partial charge in [0.2, 0.25) is 5.91 Å². The molecule has 0 aliphatic carbocycles. The Balaban J connectivity index is 1.49. The van der Waals surface area contributed by atoms with E-state index in [4.69, 9.17) is 4.74 Å². The minimum Gasteiger partial charge on any atom is -0.436 e. The number of hydrogen-bond acceptors (Lipinski definition) is 5. The molecule has 1 aromatic heterocycles. The molecule has 0 bridgehead atoms. The van der Waals surface area contributed by atoms with E-state index in [1.165, 1.54) is 6.07 Å². The van der Waals surface area contributed by atoms with Gasteiger partial charge in [0.1, 0.15) is 11.6 Å². The van der Waals surface area contributed by atoms with Crippen LogP contribution < -0.4 is 15.0 Å². The van der Waals surface area contributed by atoms with Gasteiger partial charge in [0.05, 0.1) is 5.92 Å². The first-order valence-electron chi connectivity index (χ1n) is 10.4. The molecule has 0 radical (unpaired) electrons. The number of nitrogens with one attached hydrogen (secondary N) is 1. The van der Waals surface area contributed by atoms with Gasteiger partial charge >= 0.3 is 0 Å². The highest BCUT2D eigenvalue weighted by Crippen LogP contribution is 2.32. The number of amides is 1. The fourth-order valence-electron chi connectivity index (χ4n) is 3.68. The molecule has 1 unspecified atom stereocenters. The third-order valence-electron chi connectivity index (χ3n) is 5.48. The molecule has 7 heteroatoms. The number of aryl methyl sites for hydroxylation is 2. The normalized spacial score (nSPS) is 16.1. The van der Waals surface area contributed by atoms with Crippen molar-refractivity contribution >= 4 is 17.4 Å². The third-order valence-corrected chi connectivity index (χ3v) is 5.48. The molecule has 160 valence electrons. The molecule has 1 amide bonds. The summed E-state index contributed by atoms with van der Waals surface area (Å²) in [7, 11) is 0. The van der Waals surface area contributed by atoms with E-state index in [0.29, 0.717) is 29.5 Å². The zero-order valence-corrected chi connectivity index (χ0v) is 17.6. The Morgan fingerprint density at radius 1 is 1.13 bits per heavy atom. The fraction of sp³-hybridized carbons (Fsp3) is 0.292. The molecule has 6 nitrogen and oxygen atoms in total. The smallest absolute Gasteiger partial charge is 0.263 e. The van der Waals surface area contributed by atoms with Gasteiger partial charge in [-0.25, -0.2) is 14.4 Å². The van der Waals surface area contributed by atoms with Gasteiger partial charge in [0.15, 0.2) is 5.82 Å². The summed E-state index contributed by atoms with van der Waals surface area (Å²) >= 11 is 0. The first kappa shape index (κ1) is 20.8.